The summed E-state index contributed by atoms with van der Waals surface area (Å²) in [5.74, 6) is 0.0555. The summed E-state index contributed by atoms with van der Waals surface area (Å²) in [6, 6.07) is 33.3. The predicted octanol–water partition coefficient (Wildman–Crippen LogP) is 7.50. The van der Waals surface area contributed by atoms with Crippen LogP contribution in [-0.2, 0) is 9.96 Å². The van der Waals surface area contributed by atoms with Crippen LogP contribution in [0.15, 0.2) is 115 Å². The van der Waals surface area contributed by atoms with E-state index in [0.29, 0.717) is 25.2 Å². The number of hydrogen-bond acceptors (Lipinski definition) is 4. The van der Waals surface area contributed by atoms with E-state index < -0.39 is 19.9 Å². The van der Waals surface area contributed by atoms with Crippen LogP contribution < -0.4 is 5.49 Å². The third kappa shape index (κ3) is 6.29. The first kappa shape index (κ1) is 32.5. The Morgan fingerprint density at radius 2 is 1.47 bits per heavy atom. The van der Waals surface area contributed by atoms with Crippen molar-refractivity contribution in [2.75, 3.05) is 19.7 Å². The van der Waals surface area contributed by atoms with Crippen LogP contribution in [0.25, 0.3) is 11.0 Å². The fraction of sp³-hybridized carbons (Fsp3) is 0.342. The summed E-state index contributed by atoms with van der Waals surface area (Å²) in [6.45, 7) is 12.4. The number of fused-ring (bicyclic) bond motifs is 1. The van der Waals surface area contributed by atoms with Gasteiger partial charge >= 0.3 is 6.09 Å². The summed E-state index contributed by atoms with van der Waals surface area (Å²) in [7, 11) is -1.99. The number of piperidine rings is 1. The number of hydrogen-bond donors (Lipinski definition) is 2. The van der Waals surface area contributed by atoms with E-state index in [1.165, 1.54) is 4.90 Å². The number of rotatable bonds is 8. The molecule has 0 unspecified atom stereocenters. The van der Waals surface area contributed by atoms with Crippen molar-refractivity contribution in [2.24, 2.45) is 10.9 Å². The lowest BCUT2D eigenvalue weighted by atomic mass is 9.76. The highest BCUT2D eigenvalue weighted by molar-refractivity contribution is 6.74. The van der Waals surface area contributed by atoms with Gasteiger partial charge in [0.15, 0.2) is 13.8 Å². The Balaban J connectivity index is 1.46. The fourth-order valence-corrected chi connectivity index (χ4v) is 7.64. The molecule has 2 atom stereocenters. The molecule has 0 bridgehead atoms. The molecule has 0 saturated carbocycles. The van der Waals surface area contributed by atoms with Gasteiger partial charge in [-0.05, 0) is 47.3 Å². The molecule has 1 saturated heterocycles. The van der Waals surface area contributed by atoms with Gasteiger partial charge in [0.1, 0.15) is 11.2 Å². The van der Waals surface area contributed by atoms with Crippen molar-refractivity contribution in [1.29, 1.82) is 0 Å². The van der Waals surface area contributed by atoms with Crippen molar-refractivity contribution in [1.82, 2.24) is 19.4 Å². The summed E-state index contributed by atoms with van der Waals surface area (Å²) in [4.78, 5) is 27.4. The van der Waals surface area contributed by atoms with Gasteiger partial charge in [0.2, 0.25) is 0 Å². The summed E-state index contributed by atoms with van der Waals surface area (Å²) in [6.07, 6.45) is 3.61. The molecule has 0 radical (unpaired) electrons. The summed E-state index contributed by atoms with van der Waals surface area (Å²) >= 11 is 0. The first-order valence-corrected chi connectivity index (χ1v) is 19.3. The molecular formula is C38H45N5O3Si. The number of likely N-dealkylation sites (tertiary alicyclic amines) is 1. The van der Waals surface area contributed by atoms with Gasteiger partial charge in [0, 0.05) is 31.8 Å². The van der Waals surface area contributed by atoms with Crippen LogP contribution in [-0.4, -0.2) is 64.7 Å². The Labute approximate surface area is 277 Å². The van der Waals surface area contributed by atoms with Gasteiger partial charge in [-0.15, -0.1) is 0 Å². The van der Waals surface area contributed by atoms with Crippen molar-refractivity contribution >= 4 is 25.4 Å². The molecule has 3 heterocycles. The Kier molecular flexibility index (Phi) is 8.96. The Hall–Kier alpha value is -4.47. The second kappa shape index (κ2) is 13.0. The smallest absolute Gasteiger partial charge is 0.407 e. The van der Waals surface area contributed by atoms with Crippen LogP contribution in [0.4, 0.5) is 4.79 Å². The second-order valence-electron chi connectivity index (χ2n) is 14.1. The Morgan fingerprint density at radius 1 is 0.915 bits per heavy atom. The normalized spacial score (nSPS) is 18.1. The van der Waals surface area contributed by atoms with Crippen LogP contribution in [0, 0.1) is 5.92 Å². The number of amides is 1. The molecule has 0 spiro atoms. The van der Waals surface area contributed by atoms with E-state index in [4.69, 9.17) is 14.4 Å². The lowest BCUT2D eigenvalue weighted by Gasteiger charge is -2.40. The summed E-state index contributed by atoms with van der Waals surface area (Å²) < 4.78 is 8.76. The molecule has 6 rings (SSSR count). The molecule has 9 heteroatoms. The van der Waals surface area contributed by atoms with E-state index in [9.17, 15) is 9.90 Å². The molecule has 0 aliphatic carbocycles. The molecule has 1 aliphatic rings. The third-order valence-corrected chi connectivity index (χ3v) is 14.5. The van der Waals surface area contributed by atoms with Gasteiger partial charge < -0.3 is 19.4 Å². The van der Waals surface area contributed by atoms with Gasteiger partial charge in [-0.1, -0.05) is 112 Å². The Bertz CT molecular complexity index is 1780. The predicted molar refractivity (Wildman–Crippen MR) is 189 cm³/mol. The molecule has 2 N–H and O–H groups in total. The van der Waals surface area contributed by atoms with Crippen LogP contribution in [0.1, 0.15) is 43.9 Å². The molecule has 3 aromatic carbocycles. The SMILES string of the molecule is CC(C)(C)[Si](C)(C)OC[C@@H]1C[C@H](N=c2ncn(C(c3ccccc3)(c3ccccc3)c3ccccc3)c3[nH]ccc23)CN(C(=O)O)C1. The zero-order valence-electron chi connectivity index (χ0n) is 27.9. The van der Waals surface area contributed by atoms with Crippen LogP contribution in [0.3, 0.4) is 0 Å². The van der Waals surface area contributed by atoms with Crippen LogP contribution >= 0.6 is 0 Å². The first-order valence-electron chi connectivity index (χ1n) is 16.4. The maximum absolute atomic E-state index is 12.2. The molecule has 2 aromatic heterocycles. The van der Waals surface area contributed by atoms with Crippen molar-refractivity contribution in [2.45, 2.75) is 56.9 Å². The number of nitrogens with zero attached hydrogens (tertiary/aromatic N) is 4. The minimum atomic E-state index is -1.99. The first-order chi connectivity index (χ1) is 22.5. The lowest BCUT2D eigenvalue weighted by Crippen LogP contribution is -2.49. The van der Waals surface area contributed by atoms with Gasteiger partial charge in [0.25, 0.3) is 0 Å². The molecule has 8 nitrogen and oxygen atoms in total. The molecular weight excluding hydrogens is 603 g/mol. The molecule has 1 fully saturated rings. The van der Waals surface area contributed by atoms with E-state index in [1.54, 1.807) is 0 Å². The lowest BCUT2D eigenvalue weighted by molar-refractivity contribution is 0.0938. The standard InChI is InChI=1S/C38H45N5O3Si/c1-37(2,3)47(4,5)46-26-28-23-32(25-42(24-28)36(44)45)41-34-33-21-22-39-35(33)43(27-40-34)38(29-15-9-6-10-16-29,30-17-11-7-12-18-30)31-19-13-8-14-20-31/h6-22,27-28,32,39H,23-26H2,1-5H3,(H,44,45)/t28-,32+/m1/s1. The van der Waals surface area contributed by atoms with Gasteiger partial charge in [-0.25, -0.2) is 9.78 Å². The summed E-state index contributed by atoms with van der Waals surface area (Å²) in [5.41, 5.74) is 4.02. The minimum absolute atomic E-state index is 0.0555. The van der Waals surface area contributed by atoms with E-state index in [2.05, 4.69) is 116 Å². The number of benzene rings is 3. The topological polar surface area (TPSA) is 95.7 Å². The monoisotopic (exact) mass is 647 g/mol. The van der Waals surface area contributed by atoms with Crippen LogP contribution in [0.2, 0.25) is 18.1 Å². The largest absolute Gasteiger partial charge is 0.465 e. The van der Waals surface area contributed by atoms with Gasteiger partial charge in [0.05, 0.1) is 17.8 Å². The molecule has 244 valence electrons. The number of carboxylic acid groups (broad SMARTS) is 1. The summed E-state index contributed by atoms with van der Waals surface area (Å²) in [5, 5.41) is 11.0. The van der Waals surface area contributed by atoms with Crippen LogP contribution in [0.5, 0.6) is 0 Å². The van der Waals surface area contributed by atoms with E-state index >= 15 is 0 Å². The van der Waals surface area contributed by atoms with E-state index in [-0.39, 0.29) is 17.0 Å². The molecule has 47 heavy (non-hydrogen) atoms. The quantitative estimate of drug-likeness (QED) is 0.135. The van der Waals surface area contributed by atoms with E-state index in [0.717, 1.165) is 34.1 Å². The van der Waals surface area contributed by atoms with Crippen molar-refractivity contribution in [3.8, 4) is 0 Å². The number of H-pyrrole nitrogens is 1. The van der Waals surface area contributed by atoms with Gasteiger partial charge in [-0.2, -0.15) is 0 Å². The number of carbonyl (C=O) groups is 1. The molecule has 5 aromatic rings. The highest BCUT2D eigenvalue weighted by Crippen LogP contribution is 2.42. The average molecular weight is 648 g/mol. The number of nitrogens with one attached hydrogen (secondary N) is 1. The Morgan fingerprint density at radius 3 is 1.98 bits per heavy atom. The zero-order chi connectivity index (χ0) is 33.2. The van der Waals surface area contributed by atoms with Crippen molar-refractivity contribution in [3.05, 3.63) is 132 Å². The average Bonchev–Trinajstić information content (AvgIpc) is 3.57. The highest BCUT2D eigenvalue weighted by Gasteiger charge is 2.40. The van der Waals surface area contributed by atoms with Crippen molar-refractivity contribution < 1.29 is 14.3 Å². The minimum Gasteiger partial charge on any atom is -0.465 e. The number of aromatic amines is 1. The third-order valence-electron chi connectivity index (χ3n) is 10.0. The molecule has 1 amide bonds. The van der Waals surface area contributed by atoms with E-state index in [1.807, 2.05) is 36.8 Å². The fourth-order valence-electron chi connectivity index (χ4n) is 6.55. The van der Waals surface area contributed by atoms with Gasteiger partial charge in [-0.3, -0.25) is 9.56 Å². The highest BCUT2D eigenvalue weighted by atomic mass is 28.4. The second-order valence-corrected chi connectivity index (χ2v) is 18.9. The maximum atomic E-state index is 12.2. The van der Waals surface area contributed by atoms with Crippen molar-refractivity contribution in [3.63, 3.8) is 0 Å². The number of aromatic nitrogens is 3. The maximum Gasteiger partial charge on any atom is 0.407 e. The zero-order valence-corrected chi connectivity index (χ0v) is 28.9. The molecule has 1 aliphatic heterocycles.